The number of hydrogen-bond donors (Lipinski definition) is 1. The fourth-order valence-corrected chi connectivity index (χ4v) is 4.04. The summed E-state index contributed by atoms with van der Waals surface area (Å²) in [5, 5.41) is 1.40. The van der Waals surface area contributed by atoms with E-state index < -0.39 is 17.8 Å². The number of carbonyl (C=O) groups excluding carboxylic acids is 3. The van der Waals surface area contributed by atoms with Crippen molar-refractivity contribution in [1.82, 2.24) is 15.5 Å². The van der Waals surface area contributed by atoms with Crippen molar-refractivity contribution in [3.8, 4) is 0 Å². The van der Waals surface area contributed by atoms with Crippen molar-refractivity contribution in [3.63, 3.8) is 0 Å². The number of amides is 2. The van der Waals surface area contributed by atoms with Gasteiger partial charge in [0.05, 0.1) is 5.69 Å². The van der Waals surface area contributed by atoms with Gasteiger partial charge in [-0.05, 0) is 36.4 Å². The molecule has 0 saturated carbocycles. The van der Waals surface area contributed by atoms with E-state index in [9.17, 15) is 14.4 Å². The number of para-hydroxylation sites is 1. The Morgan fingerprint density at radius 3 is 2.24 bits per heavy atom. The lowest BCUT2D eigenvalue weighted by molar-refractivity contribution is -0.140. The van der Waals surface area contributed by atoms with E-state index >= 15 is 0 Å². The lowest BCUT2D eigenvalue weighted by Gasteiger charge is -2.35. The summed E-state index contributed by atoms with van der Waals surface area (Å²) in [4.78, 5) is 56.4. The van der Waals surface area contributed by atoms with Gasteiger partial charge in [0, 0.05) is 44.0 Å². The quantitative estimate of drug-likeness (QED) is 0.424. The molecule has 5 rings (SSSR count). The third-order valence-electron chi connectivity index (χ3n) is 5.97. The topological polar surface area (TPSA) is 107 Å². The van der Waals surface area contributed by atoms with Gasteiger partial charge in [-0.3, -0.25) is 9.59 Å². The van der Waals surface area contributed by atoms with E-state index in [0.717, 1.165) is 5.82 Å². The van der Waals surface area contributed by atoms with Crippen LogP contribution in [0.5, 0.6) is 0 Å². The molecule has 10 nitrogen and oxygen atoms in total. The Kier molecular flexibility index (Phi) is 7.00. The van der Waals surface area contributed by atoms with E-state index in [1.807, 2.05) is 24.3 Å². The molecule has 0 radical (unpaired) electrons. The number of carbonyl (C=O) groups is 3. The second-order valence-corrected chi connectivity index (χ2v) is 8.32. The first-order valence-corrected chi connectivity index (χ1v) is 11.8. The maximum atomic E-state index is 13.6. The molecule has 2 aliphatic rings. The summed E-state index contributed by atoms with van der Waals surface area (Å²) in [6, 6.07) is 23.1. The minimum Gasteiger partial charge on any atom is -0.353 e. The van der Waals surface area contributed by atoms with Gasteiger partial charge in [0.2, 0.25) is 0 Å². The average molecular weight is 497 g/mol. The fourth-order valence-electron chi connectivity index (χ4n) is 4.04. The highest BCUT2D eigenvalue weighted by Crippen LogP contribution is 2.22. The van der Waals surface area contributed by atoms with Crippen LogP contribution in [0, 0.1) is 0 Å². The summed E-state index contributed by atoms with van der Waals surface area (Å²) in [6.45, 7) is 1.95. The minimum absolute atomic E-state index is 0.0336. The molecule has 0 spiro atoms. The molecule has 2 fully saturated rings. The van der Waals surface area contributed by atoms with Crippen LogP contribution in [0.1, 0.15) is 10.4 Å². The Balaban J connectivity index is 1.44. The molecule has 2 aromatic carbocycles. The van der Waals surface area contributed by atoms with Crippen molar-refractivity contribution >= 4 is 35.0 Å². The third-order valence-corrected chi connectivity index (χ3v) is 5.97. The van der Waals surface area contributed by atoms with E-state index in [-0.39, 0.29) is 11.4 Å². The molecule has 1 N–H and O–H groups in total. The van der Waals surface area contributed by atoms with Crippen LogP contribution in [-0.4, -0.2) is 59.6 Å². The van der Waals surface area contributed by atoms with Crippen LogP contribution in [0.3, 0.4) is 0 Å². The lowest BCUT2D eigenvalue weighted by Crippen LogP contribution is -2.50. The number of aromatic nitrogens is 1. The molecule has 0 aliphatic carbocycles. The van der Waals surface area contributed by atoms with Gasteiger partial charge in [0.25, 0.3) is 11.8 Å². The third kappa shape index (κ3) is 5.39. The molecule has 2 amide bonds. The molecule has 2 aliphatic heterocycles. The highest BCUT2D eigenvalue weighted by Gasteiger charge is 2.32. The SMILES string of the molecule is O=C1ONN(c2ccccc2)/C1=C/C(=NC(=O)c1ccccc1)C(=O)N1CCN(c2ccccn2)CC1. The molecule has 10 heteroatoms. The predicted octanol–water partition coefficient (Wildman–Crippen LogP) is 2.38. The molecule has 186 valence electrons. The molecular formula is C27H24N6O4. The Labute approximate surface area is 213 Å². The number of hydrazine groups is 1. The van der Waals surface area contributed by atoms with Crippen molar-refractivity contribution in [1.29, 1.82) is 0 Å². The van der Waals surface area contributed by atoms with E-state index in [0.29, 0.717) is 37.4 Å². The van der Waals surface area contributed by atoms with Gasteiger partial charge < -0.3 is 14.6 Å². The molecule has 1 aromatic heterocycles. The molecule has 0 bridgehead atoms. The highest BCUT2D eigenvalue weighted by molar-refractivity contribution is 6.45. The number of nitrogens with zero attached hydrogens (tertiary/aromatic N) is 5. The van der Waals surface area contributed by atoms with Crippen LogP contribution in [-0.2, 0) is 14.4 Å². The summed E-state index contributed by atoms with van der Waals surface area (Å²) in [5.41, 5.74) is 3.37. The van der Waals surface area contributed by atoms with Gasteiger partial charge in [0.1, 0.15) is 11.5 Å². The zero-order chi connectivity index (χ0) is 25.6. The number of anilines is 2. The van der Waals surface area contributed by atoms with Gasteiger partial charge in [-0.15, -0.1) is 0 Å². The van der Waals surface area contributed by atoms with E-state index in [4.69, 9.17) is 4.84 Å². The van der Waals surface area contributed by atoms with Crippen LogP contribution in [0.4, 0.5) is 11.5 Å². The molecule has 3 aromatic rings. The van der Waals surface area contributed by atoms with E-state index in [1.165, 1.54) is 11.1 Å². The Hall–Kier alpha value is -4.83. The van der Waals surface area contributed by atoms with Crippen molar-refractivity contribution in [2.24, 2.45) is 4.99 Å². The summed E-state index contributed by atoms with van der Waals surface area (Å²) < 4.78 is 0. The molecule has 0 unspecified atom stereocenters. The second kappa shape index (κ2) is 10.8. The minimum atomic E-state index is -0.698. The Bertz CT molecular complexity index is 1340. The number of rotatable bonds is 5. The first kappa shape index (κ1) is 23.9. The summed E-state index contributed by atoms with van der Waals surface area (Å²) in [7, 11) is 0. The summed E-state index contributed by atoms with van der Waals surface area (Å²) in [5.74, 6) is -0.900. The molecule has 37 heavy (non-hydrogen) atoms. The summed E-state index contributed by atoms with van der Waals surface area (Å²) in [6.07, 6.45) is 3.02. The number of piperazine rings is 1. The van der Waals surface area contributed by atoms with Crippen LogP contribution >= 0.6 is 0 Å². The van der Waals surface area contributed by atoms with Crippen LogP contribution in [0.15, 0.2) is 102 Å². The van der Waals surface area contributed by atoms with Crippen LogP contribution in [0.2, 0.25) is 0 Å². The van der Waals surface area contributed by atoms with Gasteiger partial charge >= 0.3 is 5.97 Å². The molecule has 0 atom stereocenters. The Morgan fingerprint density at radius 2 is 1.57 bits per heavy atom. The molecule has 2 saturated heterocycles. The predicted molar refractivity (Wildman–Crippen MR) is 137 cm³/mol. The number of benzene rings is 2. The highest BCUT2D eigenvalue weighted by atomic mass is 16.7. The number of pyridine rings is 1. The van der Waals surface area contributed by atoms with Gasteiger partial charge in [-0.25, -0.2) is 19.8 Å². The van der Waals surface area contributed by atoms with Crippen molar-refractivity contribution in [2.45, 2.75) is 0 Å². The van der Waals surface area contributed by atoms with E-state index in [1.54, 1.807) is 65.7 Å². The van der Waals surface area contributed by atoms with Crippen molar-refractivity contribution < 1.29 is 19.2 Å². The summed E-state index contributed by atoms with van der Waals surface area (Å²) >= 11 is 0. The number of nitrogens with one attached hydrogen (secondary N) is 1. The first-order valence-electron chi connectivity index (χ1n) is 11.8. The fraction of sp³-hybridized carbons (Fsp3) is 0.148. The first-order chi connectivity index (χ1) is 18.1. The van der Waals surface area contributed by atoms with Crippen LogP contribution < -0.4 is 15.5 Å². The molecule has 3 heterocycles. The maximum absolute atomic E-state index is 13.6. The maximum Gasteiger partial charge on any atom is 0.376 e. The lowest BCUT2D eigenvalue weighted by atomic mass is 10.2. The largest absolute Gasteiger partial charge is 0.376 e. The second-order valence-electron chi connectivity index (χ2n) is 8.32. The zero-order valence-electron chi connectivity index (χ0n) is 19.9. The van der Waals surface area contributed by atoms with Gasteiger partial charge in [-0.1, -0.05) is 48.1 Å². The van der Waals surface area contributed by atoms with E-state index in [2.05, 4.69) is 20.5 Å². The number of aliphatic imine (C=N–C) groups is 1. The van der Waals surface area contributed by atoms with Crippen LogP contribution in [0.25, 0.3) is 0 Å². The van der Waals surface area contributed by atoms with Gasteiger partial charge in [-0.2, -0.15) is 0 Å². The normalized spacial score (nSPS) is 17.2. The average Bonchev–Trinajstić information content (AvgIpc) is 3.33. The monoisotopic (exact) mass is 496 g/mol. The smallest absolute Gasteiger partial charge is 0.353 e. The van der Waals surface area contributed by atoms with Crippen molar-refractivity contribution in [3.05, 3.63) is 102 Å². The standard InChI is InChI=1S/C27H24N6O4/c34-25(20-9-3-1-4-10-20)29-22(19-23-27(36)37-30-33(23)21-11-5-2-6-12-21)26(35)32-17-15-31(16-18-32)24-13-7-8-14-28-24/h1-14,19,30H,15-18H2/b23-19+,29-22?. The van der Waals surface area contributed by atoms with Gasteiger partial charge in [0.15, 0.2) is 5.70 Å². The Morgan fingerprint density at radius 1 is 0.892 bits per heavy atom. The number of hydrogen-bond acceptors (Lipinski definition) is 8. The van der Waals surface area contributed by atoms with Crippen molar-refractivity contribution in [2.75, 3.05) is 36.1 Å². The molecular weight excluding hydrogens is 472 g/mol. The zero-order valence-corrected chi connectivity index (χ0v) is 19.9.